The number of rotatable bonds is 0. The Hall–Kier alpha value is -2.10. The van der Waals surface area contributed by atoms with Gasteiger partial charge in [0.05, 0.1) is 17.8 Å². The van der Waals surface area contributed by atoms with Crippen molar-refractivity contribution in [2.24, 2.45) is 4.99 Å². The first kappa shape index (κ1) is 7.32. The van der Waals surface area contributed by atoms with E-state index in [9.17, 15) is 4.79 Å². The van der Waals surface area contributed by atoms with Crippen LogP contribution in [0.15, 0.2) is 29.5 Å². The number of aromatic nitrogens is 2. The van der Waals surface area contributed by atoms with Crippen LogP contribution >= 0.6 is 0 Å². The highest BCUT2D eigenvalue weighted by molar-refractivity contribution is 6.06. The Morgan fingerprint density at radius 3 is 2.50 bits per heavy atom. The number of carbonyl (C=O) groups is 1. The minimum atomic E-state index is -0.198. The first-order valence-corrected chi connectivity index (χ1v) is 4.18. The molecule has 1 aromatic carbocycles. The summed E-state index contributed by atoms with van der Waals surface area (Å²) in [5.41, 5.74) is 0. The molecule has 3 rings (SSSR count). The van der Waals surface area contributed by atoms with E-state index >= 15 is 0 Å². The summed E-state index contributed by atoms with van der Waals surface area (Å²) >= 11 is 0. The minimum Gasteiger partial charge on any atom is -0.267 e. The lowest BCUT2D eigenvalue weighted by Gasteiger charge is -1.92. The van der Waals surface area contributed by atoms with Crippen molar-refractivity contribution in [3.05, 3.63) is 35.1 Å². The molecular weight excluding hydrogens is 178 g/mol. The number of amides is 1. The van der Waals surface area contributed by atoms with Gasteiger partial charge in [-0.15, -0.1) is 0 Å². The molecule has 66 valence electrons. The van der Waals surface area contributed by atoms with E-state index in [0.717, 1.165) is 21.3 Å². The van der Waals surface area contributed by atoms with Gasteiger partial charge in [-0.3, -0.25) is 4.79 Å². The average molecular weight is 183 g/mol. The smallest absolute Gasteiger partial charge is 0.267 e. The lowest BCUT2D eigenvalue weighted by Crippen LogP contribution is -2.20. The zero-order valence-corrected chi connectivity index (χ0v) is 7.14. The van der Waals surface area contributed by atoms with E-state index in [1.54, 1.807) is 12.4 Å². The van der Waals surface area contributed by atoms with Crippen molar-refractivity contribution in [1.29, 1.82) is 0 Å². The van der Waals surface area contributed by atoms with Gasteiger partial charge < -0.3 is 0 Å². The minimum absolute atomic E-state index is 0.198. The van der Waals surface area contributed by atoms with E-state index in [2.05, 4.69) is 15.2 Å². The van der Waals surface area contributed by atoms with Gasteiger partial charge in [0.1, 0.15) is 0 Å². The lowest BCUT2D eigenvalue weighted by molar-refractivity contribution is -0.112. The molecule has 1 aromatic heterocycles. The third-order valence-electron chi connectivity index (χ3n) is 2.20. The molecule has 0 spiro atoms. The van der Waals surface area contributed by atoms with Crippen molar-refractivity contribution in [3.8, 4) is 0 Å². The third-order valence-corrected chi connectivity index (χ3v) is 2.20. The highest BCUT2D eigenvalue weighted by Gasteiger charge is 2.04. The van der Waals surface area contributed by atoms with Gasteiger partial charge in [0.2, 0.25) is 0 Å². The lowest BCUT2D eigenvalue weighted by atomic mass is 10.2. The first-order chi connectivity index (χ1) is 6.83. The zero-order chi connectivity index (χ0) is 9.54. The van der Waals surface area contributed by atoms with E-state index in [1.807, 2.05) is 12.1 Å². The molecule has 0 saturated heterocycles. The molecule has 0 bridgehead atoms. The molecule has 1 aliphatic rings. The van der Waals surface area contributed by atoms with Crippen LogP contribution in [0.1, 0.15) is 0 Å². The highest BCUT2D eigenvalue weighted by Crippen LogP contribution is 2.05. The van der Waals surface area contributed by atoms with E-state index in [4.69, 9.17) is 0 Å². The summed E-state index contributed by atoms with van der Waals surface area (Å²) in [4.78, 5) is 14.9. The molecule has 2 heterocycles. The second-order valence-corrected chi connectivity index (χ2v) is 3.12. The maximum atomic E-state index is 11.0. The second kappa shape index (κ2) is 2.45. The maximum Gasteiger partial charge on any atom is 0.270 e. The average Bonchev–Trinajstić information content (AvgIpc) is 2.53. The van der Waals surface area contributed by atoms with Crippen molar-refractivity contribution in [1.82, 2.24) is 10.2 Å². The predicted octanol–water partition coefficient (Wildman–Crippen LogP) is -0.430. The number of benzene rings is 1. The van der Waals surface area contributed by atoms with Crippen molar-refractivity contribution in [2.45, 2.75) is 0 Å². The third kappa shape index (κ3) is 0.939. The molecular formula is C10H5N3O. The molecule has 14 heavy (non-hydrogen) atoms. The standard InChI is InChI=1S/C10H5N3O/c14-10-3-6-1-7-4-11-12-5-8(7)2-9(6)13-10/h1-5H. The molecule has 0 saturated carbocycles. The quantitative estimate of drug-likeness (QED) is 0.557. The first-order valence-electron chi connectivity index (χ1n) is 4.18. The molecule has 1 amide bonds. The molecule has 0 fully saturated rings. The SMILES string of the molecule is O=C1C=c2cc3cnncc3cc2=N1. The molecule has 4 nitrogen and oxygen atoms in total. The molecule has 0 N–H and O–H groups in total. The Kier molecular flexibility index (Phi) is 1.28. The fourth-order valence-electron chi connectivity index (χ4n) is 1.55. The molecule has 1 aliphatic heterocycles. The Balaban J connectivity index is 2.56. The van der Waals surface area contributed by atoms with Crippen LogP contribution in [-0.4, -0.2) is 16.1 Å². The molecule has 0 radical (unpaired) electrons. The predicted molar refractivity (Wildman–Crippen MR) is 49.8 cm³/mol. The summed E-state index contributed by atoms with van der Waals surface area (Å²) in [6, 6.07) is 3.74. The number of hydrogen-bond donors (Lipinski definition) is 0. The van der Waals surface area contributed by atoms with Gasteiger partial charge in [0.25, 0.3) is 5.91 Å². The van der Waals surface area contributed by atoms with Crippen molar-refractivity contribution >= 4 is 22.8 Å². The largest absolute Gasteiger partial charge is 0.270 e. The molecule has 0 aliphatic carbocycles. The van der Waals surface area contributed by atoms with Crippen molar-refractivity contribution in [2.75, 3.05) is 0 Å². The van der Waals surface area contributed by atoms with Gasteiger partial charge in [0.15, 0.2) is 0 Å². The van der Waals surface area contributed by atoms with Gasteiger partial charge in [-0.05, 0) is 12.1 Å². The van der Waals surface area contributed by atoms with E-state index in [0.29, 0.717) is 0 Å². The van der Waals surface area contributed by atoms with Crippen LogP contribution in [0.3, 0.4) is 0 Å². The topological polar surface area (TPSA) is 55.2 Å². The molecule has 2 aromatic rings. The fourth-order valence-corrected chi connectivity index (χ4v) is 1.55. The van der Waals surface area contributed by atoms with Crippen LogP contribution in [0.4, 0.5) is 0 Å². The van der Waals surface area contributed by atoms with E-state index in [-0.39, 0.29) is 5.91 Å². The number of fused-ring (bicyclic) bond motifs is 2. The molecule has 4 heteroatoms. The molecule has 0 unspecified atom stereocenters. The van der Waals surface area contributed by atoms with E-state index < -0.39 is 0 Å². The van der Waals surface area contributed by atoms with Crippen LogP contribution < -0.4 is 10.6 Å². The number of nitrogens with zero attached hydrogens (tertiary/aromatic N) is 3. The van der Waals surface area contributed by atoms with Crippen LogP contribution in [0.25, 0.3) is 16.8 Å². The zero-order valence-electron chi connectivity index (χ0n) is 7.14. The van der Waals surface area contributed by atoms with Crippen molar-refractivity contribution in [3.63, 3.8) is 0 Å². The number of carbonyl (C=O) groups excluding carboxylic acids is 1. The van der Waals surface area contributed by atoms with Gasteiger partial charge >= 0.3 is 0 Å². The summed E-state index contributed by atoms with van der Waals surface area (Å²) in [5, 5.41) is 11.0. The summed E-state index contributed by atoms with van der Waals surface area (Å²) in [6.45, 7) is 0. The summed E-state index contributed by atoms with van der Waals surface area (Å²) in [7, 11) is 0. The molecule has 0 atom stereocenters. The number of hydrogen-bond acceptors (Lipinski definition) is 3. The van der Waals surface area contributed by atoms with Crippen LogP contribution in [-0.2, 0) is 4.79 Å². The van der Waals surface area contributed by atoms with Crippen LogP contribution in [0.5, 0.6) is 0 Å². The monoisotopic (exact) mass is 183 g/mol. The summed E-state index contributed by atoms with van der Waals surface area (Å²) in [6.07, 6.45) is 4.86. The van der Waals surface area contributed by atoms with Crippen LogP contribution in [0.2, 0.25) is 0 Å². The van der Waals surface area contributed by atoms with Gasteiger partial charge in [-0.1, -0.05) is 0 Å². The second-order valence-electron chi connectivity index (χ2n) is 3.12. The Bertz CT molecular complexity index is 604. The van der Waals surface area contributed by atoms with Gasteiger partial charge in [-0.25, -0.2) is 4.99 Å². The highest BCUT2D eigenvalue weighted by atomic mass is 16.1. The maximum absolute atomic E-state index is 11.0. The Morgan fingerprint density at radius 2 is 1.71 bits per heavy atom. The summed E-state index contributed by atoms with van der Waals surface area (Å²) in [5.74, 6) is -0.198. The van der Waals surface area contributed by atoms with Crippen LogP contribution in [0, 0.1) is 0 Å². The normalized spacial score (nSPS) is 13.6. The Morgan fingerprint density at radius 1 is 1.00 bits per heavy atom. The summed E-state index contributed by atoms with van der Waals surface area (Å²) < 4.78 is 0. The van der Waals surface area contributed by atoms with Gasteiger partial charge in [-0.2, -0.15) is 10.2 Å². The van der Waals surface area contributed by atoms with Gasteiger partial charge in [0, 0.05) is 22.1 Å². The Labute approximate surface area is 78.6 Å². The fraction of sp³-hybridized carbons (Fsp3) is 0. The van der Waals surface area contributed by atoms with Crippen molar-refractivity contribution < 1.29 is 4.79 Å². The van der Waals surface area contributed by atoms with E-state index in [1.165, 1.54) is 6.08 Å².